The summed E-state index contributed by atoms with van der Waals surface area (Å²) in [6.07, 6.45) is 3.80. The molecule has 5 nitrogen and oxygen atoms in total. The minimum atomic E-state index is -3.79. The number of hydrogen-bond donors (Lipinski definition) is 2. The number of benzene rings is 1. The second-order valence-corrected chi connectivity index (χ2v) is 6.90. The van der Waals surface area contributed by atoms with Crippen LogP contribution in [0.2, 0.25) is 0 Å². The largest absolute Gasteiger partial charge is 0.398 e. The van der Waals surface area contributed by atoms with E-state index in [9.17, 15) is 12.8 Å². The Hall–Kier alpha value is -1.51. The molecule has 0 aliphatic rings. The molecule has 0 saturated carbocycles. The van der Waals surface area contributed by atoms with Gasteiger partial charge in [0, 0.05) is 18.9 Å². The van der Waals surface area contributed by atoms with Crippen molar-refractivity contribution in [3.63, 3.8) is 0 Å². The number of nitrogen functional groups attached to an aromatic ring is 1. The zero-order chi connectivity index (χ0) is 15.5. The maximum absolute atomic E-state index is 13.3. The number of nitrogens with two attached hydrogens (primary N) is 1. The van der Waals surface area contributed by atoms with E-state index in [-0.39, 0.29) is 21.6 Å². The summed E-state index contributed by atoms with van der Waals surface area (Å²) < 4.78 is 40.1. The lowest BCUT2D eigenvalue weighted by atomic mass is 10.2. The zero-order valence-electron chi connectivity index (χ0n) is 10.9. The van der Waals surface area contributed by atoms with Gasteiger partial charge in [-0.3, -0.25) is 4.98 Å². The molecule has 1 aromatic carbocycles. The Labute approximate surface area is 130 Å². The van der Waals surface area contributed by atoms with Gasteiger partial charge in [-0.2, -0.15) is 0 Å². The average molecular weight is 374 g/mol. The lowest BCUT2D eigenvalue weighted by molar-refractivity contribution is 0.581. The topological polar surface area (TPSA) is 85.1 Å². The van der Waals surface area contributed by atoms with Crippen LogP contribution in [0.25, 0.3) is 0 Å². The van der Waals surface area contributed by atoms with Gasteiger partial charge in [-0.05, 0) is 46.1 Å². The van der Waals surface area contributed by atoms with E-state index in [1.807, 2.05) is 6.07 Å². The molecule has 2 rings (SSSR count). The van der Waals surface area contributed by atoms with E-state index in [0.717, 1.165) is 17.7 Å². The van der Waals surface area contributed by atoms with E-state index >= 15 is 0 Å². The minimum Gasteiger partial charge on any atom is -0.398 e. The molecule has 1 aromatic heterocycles. The predicted octanol–water partition coefficient (Wildman–Crippen LogP) is 2.09. The van der Waals surface area contributed by atoms with Gasteiger partial charge in [0.1, 0.15) is 10.7 Å². The van der Waals surface area contributed by atoms with Gasteiger partial charge >= 0.3 is 0 Å². The standard InChI is InChI=1S/C13H13BrFN3O2S/c14-10-6-13(12(16)7-11(10)15)21(19,20)18-5-3-9-2-1-4-17-8-9/h1-2,4,6-8,18H,3,5,16H2. The maximum atomic E-state index is 13.3. The van der Waals surface area contributed by atoms with Crippen molar-refractivity contribution in [3.05, 3.63) is 52.5 Å². The number of rotatable bonds is 5. The average Bonchev–Trinajstić information content (AvgIpc) is 2.43. The molecule has 0 aliphatic heterocycles. The second kappa shape index (κ2) is 6.50. The van der Waals surface area contributed by atoms with E-state index in [0.29, 0.717) is 6.42 Å². The Bertz CT molecular complexity index is 739. The Kier molecular flexibility index (Phi) is 4.92. The molecule has 0 amide bonds. The van der Waals surface area contributed by atoms with Crippen molar-refractivity contribution in [2.75, 3.05) is 12.3 Å². The van der Waals surface area contributed by atoms with Crippen LogP contribution < -0.4 is 10.5 Å². The molecular formula is C13H13BrFN3O2S. The highest BCUT2D eigenvalue weighted by Gasteiger charge is 2.19. The molecule has 0 radical (unpaired) electrons. The van der Waals surface area contributed by atoms with E-state index in [1.165, 1.54) is 0 Å². The predicted molar refractivity (Wildman–Crippen MR) is 81.6 cm³/mol. The molecule has 21 heavy (non-hydrogen) atoms. The van der Waals surface area contributed by atoms with Crippen LogP contribution in [0.5, 0.6) is 0 Å². The van der Waals surface area contributed by atoms with E-state index in [4.69, 9.17) is 5.73 Å². The fraction of sp³-hybridized carbons (Fsp3) is 0.154. The summed E-state index contributed by atoms with van der Waals surface area (Å²) in [4.78, 5) is 3.80. The highest BCUT2D eigenvalue weighted by atomic mass is 79.9. The van der Waals surface area contributed by atoms with E-state index in [2.05, 4.69) is 25.6 Å². The third-order valence-electron chi connectivity index (χ3n) is 2.77. The van der Waals surface area contributed by atoms with Gasteiger partial charge in [0.2, 0.25) is 10.0 Å². The molecule has 112 valence electrons. The van der Waals surface area contributed by atoms with Gasteiger partial charge < -0.3 is 5.73 Å². The minimum absolute atomic E-state index is 0.0457. The second-order valence-electron chi connectivity index (χ2n) is 4.31. The summed E-state index contributed by atoms with van der Waals surface area (Å²) in [5.41, 5.74) is 6.35. The molecule has 0 spiro atoms. The Morgan fingerprint density at radius 1 is 1.38 bits per heavy atom. The monoisotopic (exact) mass is 373 g/mol. The molecule has 0 unspecified atom stereocenters. The van der Waals surface area contributed by atoms with Crippen LogP contribution >= 0.6 is 15.9 Å². The van der Waals surface area contributed by atoms with Crippen LogP contribution in [0.1, 0.15) is 5.56 Å². The van der Waals surface area contributed by atoms with Gasteiger partial charge in [-0.15, -0.1) is 0 Å². The lowest BCUT2D eigenvalue weighted by Gasteiger charge is -2.10. The van der Waals surface area contributed by atoms with Gasteiger partial charge in [0.15, 0.2) is 0 Å². The van der Waals surface area contributed by atoms with E-state index in [1.54, 1.807) is 18.5 Å². The molecule has 3 N–H and O–H groups in total. The number of halogens is 2. The van der Waals surface area contributed by atoms with Crippen LogP contribution in [0.3, 0.4) is 0 Å². The van der Waals surface area contributed by atoms with Crippen molar-refractivity contribution in [1.82, 2.24) is 9.71 Å². The molecule has 0 fully saturated rings. The lowest BCUT2D eigenvalue weighted by Crippen LogP contribution is -2.26. The van der Waals surface area contributed by atoms with Crippen LogP contribution in [-0.2, 0) is 16.4 Å². The quantitative estimate of drug-likeness (QED) is 0.785. The van der Waals surface area contributed by atoms with Crippen LogP contribution in [-0.4, -0.2) is 19.9 Å². The summed E-state index contributed by atoms with van der Waals surface area (Å²) >= 11 is 2.95. The highest BCUT2D eigenvalue weighted by Crippen LogP contribution is 2.25. The molecule has 2 aromatic rings. The molecule has 0 atom stereocenters. The van der Waals surface area contributed by atoms with Crippen LogP contribution in [0.15, 0.2) is 46.0 Å². The molecular weight excluding hydrogens is 361 g/mol. The molecule has 0 saturated heterocycles. The SMILES string of the molecule is Nc1cc(F)c(Br)cc1S(=O)(=O)NCCc1cccnc1. The first-order valence-corrected chi connectivity index (χ1v) is 8.31. The van der Waals surface area contributed by atoms with Crippen molar-refractivity contribution < 1.29 is 12.8 Å². The van der Waals surface area contributed by atoms with Crippen LogP contribution in [0.4, 0.5) is 10.1 Å². The van der Waals surface area contributed by atoms with Gasteiger partial charge in [-0.25, -0.2) is 17.5 Å². The van der Waals surface area contributed by atoms with Gasteiger partial charge in [0.25, 0.3) is 0 Å². The third kappa shape index (κ3) is 3.99. The zero-order valence-corrected chi connectivity index (χ0v) is 13.3. The number of nitrogens with zero attached hydrogens (tertiary/aromatic N) is 1. The summed E-state index contributed by atoms with van der Waals surface area (Å²) in [6.45, 7) is 0.197. The third-order valence-corrected chi connectivity index (χ3v) is 4.90. The Morgan fingerprint density at radius 2 is 2.14 bits per heavy atom. The highest BCUT2D eigenvalue weighted by molar-refractivity contribution is 9.10. The van der Waals surface area contributed by atoms with Crippen molar-refractivity contribution in [1.29, 1.82) is 0 Å². The molecule has 0 aliphatic carbocycles. The van der Waals surface area contributed by atoms with Crippen molar-refractivity contribution in [3.8, 4) is 0 Å². The van der Waals surface area contributed by atoms with Crippen LogP contribution in [0, 0.1) is 5.82 Å². The number of nitrogens with one attached hydrogen (secondary N) is 1. The Balaban J connectivity index is 2.10. The smallest absolute Gasteiger partial charge is 0.242 e. The normalized spacial score (nSPS) is 11.5. The number of sulfonamides is 1. The van der Waals surface area contributed by atoms with Crippen molar-refractivity contribution in [2.45, 2.75) is 11.3 Å². The number of anilines is 1. The summed E-state index contributed by atoms with van der Waals surface area (Å²) in [5.74, 6) is -0.609. The first-order chi connectivity index (χ1) is 9.90. The van der Waals surface area contributed by atoms with Crippen molar-refractivity contribution >= 4 is 31.6 Å². The Morgan fingerprint density at radius 3 is 2.81 bits per heavy atom. The van der Waals surface area contributed by atoms with Gasteiger partial charge in [-0.1, -0.05) is 6.07 Å². The molecule has 8 heteroatoms. The van der Waals surface area contributed by atoms with E-state index < -0.39 is 15.8 Å². The van der Waals surface area contributed by atoms with Crippen molar-refractivity contribution in [2.24, 2.45) is 0 Å². The number of pyridine rings is 1. The number of aromatic nitrogens is 1. The first-order valence-electron chi connectivity index (χ1n) is 6.03. The summed E-state index contributed by atoms with van der Waals surface area (Å²) in [6, 6.07) is 5.75. The molecule has 0 bridgehead atoms. The number of hydrogen-bond acceptors (Lipinski definition) is 4. The fourth-order valence-electron chi connectivity index (χ4n) is 1.73. The first kappa shape index (κ1) is 15.9. The maximum Gasteiger partial charge on any atom is 0.242 e. The molecule has 1 heterocycles. The fourth-order valence-corrected chi connectivity index (χ4v) is 3.39. The summed E-state index contributed by atoms with van der Waals surface area (Å²) in [5, 5.41) is 0. The van der Waals surface area contributed by atoms with Gasteiger partial charge in [0.05, 0.1) is 10.2 Å². The summed E-state index contributed by atoms with van der Waals surface area (Å²) in [7, 11) is -3.79.